The molecule has 2 aromatic carbocycles. The third-order valence-electron chi connectivity index (χ3n) is 7.44. The Bertz CT molecular complexity index is 1230. The summed E-state index contributed by atoms with van der Waals surface area (Å²) in [4.78, 5) is 0. The molecule has 0 saturated heterocycles. The van der Waals surface area contributed by atoms with E-state index in [0.717, 1.165) is 28.6 Å². The van der Waals surface area contributed by atoms with Crippen LogP contribution < -0.4 is 0 Å². The predicted molar refractivity (Wildman–Crippen MR) is 117 cm³/mol. The highest BCUT2D eigenvalue weighted by Crippen LogP contribution is 2.56. The normalized spacial score (nSPS) is 24.4. The molecule has 1 saturated carbocycles. The van der Waals surface area contributed by atoms with E-state index < -0.39 is 22.8 Å². The lowest BCUT2D eigenvalue weighted by atomic mass is 9.65. The molecule has 3 nitrogen and oxygen atoms in total. The van der Waals surface area contributed by atoms with Crippen LogP contribution >= 0.6 is 0 Å². The number of hydrogen-bond donors (Lipinski definition) is 1. The molecule has 1 aromatic heterocycles. The second-order valence-corrected chi connectivity index (χ2v) is 9.35. The van der Waals surface area contributed by atoms with Crippen molar-refractivity contribution >= 4 is 6.08 Å². The number of fused-ring (bicyclic) bond motifs is 2. The van der Waals surface area contributed by atoms with Crippen molar-refractivity contribution in [2.45, 2.75) is 50.8 Å². The van der Waals surface area contributed by atoms with Crippen LogP contribution in [0.15, 0.2) is 60.3 Å². The van der Waals surface area contributed by atoms with E-state index in [-0.39, 0.29) is 5.82 Å². The number of halogens is 4. The fourth-order valence-corrected chi connectivity index (χ4v) is 5.37. The van der Waals surface area contributed by atoms with Crippen LogP contribution in [0.1, 0.15) is 48.6 Å². The molecule has 0 aliphatic heterocycles. The smallest absolute Gasteiger partial charge is 0.389 e. The van der Waals surface area contributed by atoms with Gasteiger partial charge in [0.2, 0.25) is 0 Å². The minimum absolute atomic E-state index is 0.313. The highest BCUT2D eigenvalue weighted by atomic mass is 19.4. The highest BCUT2D eigenvalue weighted by Gasteiger charge is 2.54. The van der Waals surface area contributed by atoms with E-state index >= 15 is 0 Å². The maximum Gasteiger partial charge on any atom is 0.416 e. The fourth-order valence-electron chi connectivity index (χ4n) is 5.37. The first-order chi connectivity index (χ1) is 15.6. The number of aryl methyl sites for hydroxylation is 1. The molecule has 2 aliphatic rings. The molecule has 0 radical (unpaired) electrons. The summed E-state index contributed by atoms with van der Waals surface area (Å²) >= 11 is 0. The summed E-state index contributed by atoms with van der Waals surface area (Å²) in [7, 11) is 0. The van der Waals surface area contributed by atoms with Crippen molar-refractivity contribution in [2.75, 3.05) is 0 Å². The zero-order valence-corrected chi connectivity index (χ0v) is 18.2. The summed E-state index contributed by atoms with van der Waals surface area (Å²) < 4.78 is 54.3. The van der Waals surface area contributed by atoms with Gasteiger partial charge in [0.05, 0.1) is 28.7 Å². The number of aromatic nitrogens is 2. The zero-order chi connectivity index (χ0) is 23.4. The minimum atomic E-state index is -4.38. The Labute approximate surface area is 189 Å². The lowest BCUT2D eigenvalue weighted by molar-refractivity contribution is -0.137. The van der Waals surface area contributed by atoms with Crippen LogP contribution in [-0.2, 0) is 19.0 Å². The second kappa shape index (κ2) is 7.55. The van der Waals surface area contributed by atoms with Gasteiger partial charge in [0.15, 0.2) is 0 Å². The lowest BCUT2D eigenvalue weighted by Crippen LogP contribution is -2.45. The number of benzene rings is 2. The second-order valence-electron chi connectivity index (χ2n) is 9.35. The first kappa shape index (κ1) is 21.9. The first-order valence-electron chi connectivity index (χ1n) is 11.0. The summed E-state index contributed by atoms with van der Waals surface area (Å²) in [6.07, 6.45) is 2.07. The Morgan fingerprint density at radius 2 is 1.88 bits per heavy atom. The van der Waals surface area contributed by atoms with E-state index in [4.69, 9.17) is 0 Å². The molecule has 0 amide bonds. The van der Waals surface area contributed by atoms with Gasteiger partial charge >= 0.3 is 6.18 Å². The molecule has 7 heteroatoms. The quantitative estimate of drug-likeness (QED) is 0.480. The van der Waals surface area contributed by atoms with Crippen molar-refractivity contribution in [1.82, 2.24) is 9.78 Å². The number of aliphatic hydroxyl groups is 1. The molecule has 2 atom stereocenters. The van der Waals surface area contributed by atoms with E-state index in [2.05, 4.69) is 11.2 Å². The summed E-state index contributed by atoms with van der Waals surface area (Å²) in [5.41, 5.74) is 2.16. The van der Waals surface area contributed by atoms with Crippen LogP contribution in [0.5, 0.6) is 0 Å². The molecule has 0 spiro atoms. The van der Waals surface area contributed by atoms with E-state index in [1.165, 1.54) is 24.3 Å². The third kappa shape index (κ3) is 3.68. The summed E-state index contributed by atoms with van der Waals surface area (Å²) in [6, 6.07) is 11.5. The van der Waals surface area contributed by atoms with Gasteiger partial charge in [-0.3, -0.25) is 0 Å². The SMILES string of the molecule is C[C@]12Cc3cnn(-c4ccc(F)cc4)c3C=C1CC[C@@]2(O)CCc1cccc(C(F)(F)F)c1. The van der Waals surface area contributed by atoms with Crippen molar-refractivity contribution in [3.63, 3.8) is 0 Å². The van der Waals surface area contributed by atoms with Gasteiger partial charge in [-0.2, -0.15) is 18.3 Å². The van der Waals surface area contributed by atoms with E-state index in [1.807, 2.05) is 6.92 Å². The molecule has 1 heterocycles. The number of alkyl halides is 3. The molecule has 33 heavy (non-hydrogen) atoms. The standard InChI is InChI=1S/C26H24F4N2O/c1-24-15-18-16-31-32(22-7-5-21(27)6-8-22)23(18)14-19(24)10-12-25(24,33)11-9-17-3-2-4-20(13-17)26(28,29)30/h2-8,13-14,16,33H,9-12,15H2,1H3/t24-,25-/m0/s1. The van der Waals surface area contributed by atoms with Crippen molar-refractivity contribution in [1.29, 1.82) is 0 Å². The minimum Gasteiger partial charge on any atom is -0.389 e. The van der Waals surface area contributed by atoms with Crippen molar-refractivity contribution in [3.05, 3.63) is 88.5 Å². The Balaban J connectivity index is 1.40. The highest BCUT2D eigenvalue weighted by molar-refractivity contribution is 5.62. The van der Waals surface area contributed by atoms with Crippen LogP contribution in [0, 0.1) is 11.2 Å². The van der Waals surface area contributed by atoms with Crippen molar-refractivity contribution in [3.8, 4) is 5.69 Å². The van der Waals surface area contributed by atoms with Crippen LogP contribution in [0.25, 0.3) is 11.8 Å². The molecule has 1 N–H and O–H groups in total. The van der Waals surface area contributed by atoms with Crippen molar-refractivity contribution in [2.24, 2.45) is 5.41 Å². The fraction of sp³-hybridized carbons (Fsp3) is 0.346. The summed E-state index contributed by atoms with van der Waals surface area (Å²) in [5, 5.41) is 16.2. The Kier molecular flexibility index (Phi) is 5.01. The van der Waals surface area contributed by atoms with Gasteiger partial charge in [0.1, 0.15) is 5.82 Å². The Hall–Kier alpha value is -2.93. The third-order valence-corrected chi connectivity index (χ3v) is 7.44. The van der Waals surface area contributed by atoms with Crippen LogP contribution in [0.4, 0.5) is 17.6 Å². The number of rotatable bonds is 4. The average Bonchev–Trinajstić information content (AvgIpc) is 3.29. The van der Waals surface area contributed by atoms with Gasteiger partial charge in [-0.25, -0.2) is 9.07 Å². The maximum absolute atomic E-state index is 13.3. The molecule has 3 aromatic rings. The van der Waals surface area contributed by atoms with Crippen LogP contribution in [0.3, 0.4) is 0 Å². The monoisotopic (exact) mass is 456 g/mol. The largest absolute Gasteiger partial charge is 0.416 e. The van der Waals surface area contributed by atoms with Gasteiger partial charge in [0.25, 0.3) is 0 Å². The summed E-state index contributed by atoms with van der Waals surface area (Å²) in [5.74, 6) is -0.313. The molecule has 0 bridgehead atoms. The van der Waals surface area contributed by atoms with Gasteiger partial charge < -0.3 is 5.11 Å². The van der Waals surface area contributed by atoms with E-state index in [0.29, 0.717) is 37.7 Å². The van der Waals surface area contributed by atoms with E-state index in [9.17, 15) is 22.7 Å². The molecule has 172 valence electrons. The lowest BCUT2D eigenvalue weighted by Gasteiger charge is -2.42. The number of nitrogens with zero attached hydrogens (tertiary/aromatic N) is 2. The van der Waals surface area contributed by atoms with Gasteiger partial charge in [-0.1, -0.05) is 30.7 Å². The first-order valence-corrected chi connectivity index (χ1v) is 11.0. The topological polar surface area (TPSA) is 38.0 Å². The molecular formula is C26H24F4N2O. The predicted octanol–water partition coefficient (Wildman–Crippen LogP) is 6.13. The van der Waals surface area contributed by atoms with Gasteiger partial charge in [-0.05, 0) is 79.6 Å². The molecular weight excluding hydrogens is 432 g/mol. The van der Waals surface area contributed by atoms with E-state index in [1.54, 1.807) is 29.1 Å². The molecule has 5 rings (SSSR count). The van der Waals surface area contributed by atoms with Crippen LogP contribution in [-0.4, -0.2) is 20.5 Å². The Morgan fingerprint density at radius 1 is 1.12 bits per heavy atom. The average molecular weight is 456 g/mol. The van der Waals surface area contributed by atoms with Crippen molar-refractivity contribution < 1.29 is 22.7 Å². The van der Waals surface area contributed by atoms with Gasteiger partial charge in [-0.15, -0.1) is 0 Å². The van der Waals surface area contributed by atoms with Gasteiger partial charge in [0, 0.05) is 5.41 Å². The number of hydrogen-bond acceptors (Lipinski definition) is 2. The maximum atomic E-state index is 13.3. The molecule has 2 aliphatic carbocycles. The molecule has 0 unspecified atom stereocenters. The van der Waals surface area contributed by atoms with Crippen LogP contribution in [0.2, 0.25) is 0 Å². The Morgan fingerprint density at radius 3 is 2.61 bits per heavy atom. The zero-order valence-electron chi connectivity index (χ0n) is 18.2. The summed E-state index contributed by atoms with van der Waals surface area (Å²) in [6.45, 7) is 2.04. The molecule has 1 fully saturated rings.